The number of amides is 1. The lowest BCUT2D eigenvalue weighted by molar-refractivity contribution is -0.127. The minimum Gasteiger partial charge on any atom is -0.381 e. The summed E-state index contributed by atoms with van der Waals surface area (Å²) in [6.07, 6.45) is 5.19. The fourth-order valence-corrected chi connectivity index (χ4v) is 3.79. The van der Waals surface area contributed by atoms with Gasteiger partial charge >= 0.3 is 0 Å². The van der Waals surface area contributed by atoms with Gasteiger partial charge in [0.15, 0.2) is 0 Å². The van der Waals surface area contributed by atoms with Crippen LogP contribution in [-0.2, 0) is 14.3 Å². The maximum absolute atomic E-state index is 12.7. The topological polar surface area (TPSA) is 83.1 Å². The third-order valence-electron chi connectivity index (χ3n) is 5.80. The molecule has 7 heteroatoms. The van der Waals surface area contributed by atoms with E-state index in [0.29, 0.717) is 13.2 Å². The Hall–Kier alpha value is -2.35. The molecule has 1 aliphatic carbocycles. The van der Waals surface area contributed by atoms with E-state index in [-0.39, 0.29) is 24.0 Å². The van der Waals surface area contributed by atoms with Crippen molar-refractivity contribution in [2.75, 3.05) is 37.9 Å². The summed E-state index contributed by atoms with van der Waals surface area (Å²) in [5, 5.41) is 16.6. The van der Waals surface area contributed by atoms with Crippen molar-refractivity contribution in [2.45, 2.75) is 52.0 Å². The Kier molecular flexibility index (Phi) is 7.75. The van der Waals surface area contributed by atoms with Gasteiger partial charge in [-0.2, -0.15) is 0 Å². The molecule has 1 heterocycles. The van der Waals surface area contributed by atoms with Crippen LogP contribution < -0.4 is 10.6 Å². The number of benzene rings is 1. The minimum atomic E-state index is -0.605. The Morgan fingerprint density at radius 3 is 2.68 bits per heavy atom. The lowest BCUT2D eigenvalue weighted by atomic mass is 9.81. The van der Waals surface area contributed by atoms with Crippen LogP contribution in [0.2, 0.25) is 0 Å². The van der Waals surface area contributed by atoms with Crippen molar-refractivity contribution in [3.05, 3.63) is 41.6 Å². The molecule has 31 heavy (non-hydrogen) atoms. The number of carbonyl (C=O) groups is 1. The van der Waals surface area contributed by atoms with Crippen LogP contribution in [0.5, 0.6) is 0 Å². The average Bonchev–Trinajstić information content (AvgIpc) is 2.69. The Labute approximate surface area is 185 Å². The van der Waals surface area contributed by atoms with Crippen molar-refractivity contribution < 1.29 is 19.4 Å². The van der Waals surface area contributed by atoms with Crippen LogP contribution in [0.1, 0.15) is 39.2 Å². The Bertz CT molecular complexity index is 843. The van der Waals surface area contributed by atoms with Gasteiger partial charge in [0, 0.05) is 32.8 Å². The number of carbonyl (C=O) groups excluding carboxylic acids is 1. The van der Waals surface area contributed by atoms with E-state index < -0.39 is 6.23 Å². The van der Waals surface area contributed by atoms with Crippen LogP contribution in [0, 0.1) is 5.92 Å². The second kappa shape index (κ2) is 10.3. The van der Waals surface area contributed by atoms with E-state index in [1.165, 1.54) is 0 Å². The highest BCUT2D eigenvalue weighted by Crippen LogP contribution is 2.34. The van der Waals surface area contributed by atoms with Crippen molar-refractivity contribution >= 4 is 22.9 Å². The highest BCUT2D eigenvalue weighted by Gasteiger charge is 2.34. The summed E-state index contributed by atoms with van der Waals surface area (Å²) in [6, 6.07) is 5.95. The van der Waals surface area contributed by atoms with Gasteiger partial charge in [-0.1, -0.05) is 6.07 Å². The van der Waals surface area contributed by atoms with Gasteiger partial charge in [-0.25, -0.2) is 0 Å². The molecular weight excluding hydrogens is 394 g/mol. The normalized spacial score (nSPS) is 23.2. The lowest BCUT2D eigenvalue weighted by Gasteiger charge is -2.33. The first-order chi connectivity index (χ1) is 14.8. The minimum absolute atomic E-state index is 0.0106. The number of rotatable bonds is 9. The first-order valence-corrected chi connectivity index (χ1v) is 10.9. The molecule has 1 aromatic rings. The van der Waals surface area contributed by atoms with Crippen LogP contribution >= 0.6 is 0 Å². The zero-order chi connectivity index (χ0) is 22.5. The van der Waals surface area contributed by atoms with Crippen molar-refractivity contribution in [1.82, 2.24) is 4.90 Å². The van der Waals surface area contributed by atoms with E-state index in [0.717, 1.165) is 40.9 Å². The van der Waals surface area contributed by atoms with Gasteiger partial charge < -0.3 is 30.1 Å². The average molecular weight is 430 g/mol. The summed E-state index contributed by atoms with van der Waals surface area (Å²) < 4.78 is 10.9. The van der Waals surface area contributed by atoms with Gasteiger partial charge in [0.05, 0.1) is 30.2 Å². The largest absolute Gasteiger partial charge is 0.381 e. The van der Waals surface area contributed by atoms with Crippen LogP contribution in [0.4, 0.5) is 11.4 Å². The van der Waals surface area contributed by atoms with Gasteiger partial charge in [-0.05, 0) is 68.5 Å². The molecule has 0 saturated heterocycles. The maximum atomic E-state index is 12.7. The number of methoxy groups -OCH3 is 1. The second-order valence-corrected chi connectivity index (χ2v) is 8.63. The molecular formula is C24H35N3O4. The molecule has 1 unspecified atom stereocenters. The van der Waals surface area contributed by atoms with Crippen molar-refractivity contribution in [3.63, 3.8) is 0 Å². The van der Waals surface area contributed by atoms with E-state index in [2.05, 4.69) is 10.6 Å². The Morgan fingerprint density at radius 2 is 2.03 bits per heavy atom. The third-order valence-corrected chi connectivity index (χ3v) is 5.80. The number of aliphatic hydroxyl groups is 1. The van der Waals surface area contributed by atoms with Gasteiger partial charge in [0.2, 0.25) is 5.91 Å². The SMILES string of the molecule is COC1CC(C(=O)Nc2ccc(C3=CN(C)C(O)C(C)=C3)cc2NCCOC(C)C)C1. The third kappa shape index (κ3) is 5.87. The quantitative estimate of drug-likeness (QED) is 0.522. The summed E-state index contributed by atoms with van der Waals surface area (Å²) in [7, 11) is 3.54. The number of nitrogens with one attached hydrogen (secondary N) is 2. The van der Waals surface area contributed by atoms with E-state index in [9.17, 15) is 9.90 Å². The fraction of sp³-hybridized carbons (Fsp3) is 0.542. The summed E-state index contributed by atoms with van der Waals surface area (Å²) in [5.41, 5.74) is 4.50. The summed E-state index contributed by atoms with van der Waals surface area (Å²) in [5.74, 6) is 0.0153. The molecule has 3 N–H and O–H groups in total. The molecule has 2 aliphatic rings. The number of aliphatic hydroxyl groups excluding tert-OH is 1. The number of hydrogen-bond acceptors (Lipinski definition) is 6. The number of likely N-dealkylation sites (N-methyl/N-ethyl adjacent to an activating group) is 1. The summed E-state index contributed by atoms with van der Waals surface area (Å²) in [6.45, 7) is 7.13. The number of ether oxygens (including phenoxy) is 2. The monoisotopic (exact) mass is 429 g/mol. The van der Waals surface area contributed by atoms with Crippen LogP contribution in [0.15, 0.2) is 36.0 Å². The van der Waals surface area contributed by atoms with Gasteiger partial charge in [0.1, 0.15) is 6.23 Å². The predicted octanol–water partition coefficient (Wildman–Crippen LogP) is 3.44. The van der Waals surface area contributed by atoms with Gasteiger partial charge in [0.25, 0.3) is 0 Å². The standard InChI is InChI=1S/C24H35N3O4/c1-15(2)31-9-8-25-22-13-17(19-10-16(3)24(29)27(4)14-19)6-7-21(22)26-23(28)18-11-20(12-18)30-5/h6-7,10,13-15,18,20,24-25,29H,8-9,11-12H2,1-5H3,(H,26,28). The van der Waals surface area contributed by atoms with E-state index in [1.54, 1.807) is 12.0 Å². The van der Waals surface area contributed by atoms with Crippen LogP contribution in [0.3, 0.4) is 0 Å². The summed E-state index contributed by atoms with van der Waals surface area (Å²) >= 11 is 0. The fourth-order valence-electron chi connectivity index (χ4n) is 3.79. The smallest absolute Gasteiger partial charge is 0.227 e. The maximum Gasteiger partial charge on any atom is 0.227 e. The second-order valence-electron chi connectivity index (χ2n) is 8.63. The molecule has 1 aromatic carbocycles. The molecule has 1 aliphatic heterocycles. The number of allylic oxidation sites excluding steroid dienone is 2. The molecule has 0 radical (unpaired) electrons. The highest BCUT2D eigenvalue weighted by atomic mass is 16.5. The van der Waals surface area contributed by atoms with Crippen molar-refractivity contribution in [1.29, 1.82) is 0 Å². The van der Waals surface area contributed by atoms with Crippen molar-refractivity contribution in [3.8, 4) is 0 Å². The van der Waals surface area contributed by atoms with Gasteiger partial charge in [-0.15, -0.1) is 0 Å². The van der Waals surface area contributed by atoms with Crippen LogP contribution in [0.25, 0.3) is 5.57 Å². The molecule has 0 aromatic heterocycles. The van der Waals surface area contributed by atoms with E-state index in [1.807, 2.05) is 58.3 Å². The molecule has 7 nitrogen and oxygen atoms in total. The molecule has 3 rings (SSSR count). The number of anilines is 2. The molecule has 0 bridgehead atoms. The van der Waals surface area contributed by atoms with Gasteiger partial charge in [-0.3, -0.25) is 4.79 Å². The van der Waals surface area contributed by atoms with Crippen molar-refractivity contribution in [2.24, 2.45) is 5.92 Å². The number of nitrogens with zero attached hydrogens (tertiary/aromatic N) is 1. The van der Waals surface area contributed by atoms with Crippen LogP contribution in [-0.4, -0.2) is 61.7 Å². The highest BCUT2D eigenvalue weighted by molar-refractivity contribution is 5.97. The molecule has 1 amide bonds. The Balaban J connectivity index is 1.77. The molecule has 1 saturated carbocycles. The zero-order valence-corrected chi connectivity index (χ0v) is 19.1. The Morgan fingerprint density at radius 1 is 1.29 bits per heavy atom. The molecule has 170 valence electrons. The van der Waals surface area contributed by atoms with E-state index >= 15 is 0 Å². The molecule has 1 fully saturated rings. The first kappa shape index (κ1) is 23.3. The predicted molar refractivity (Wildman–Crippen MR) is 124 cm³/mol. The summed E-state index contributed by atoms with van der Waals surface area (Å²) in [4.78, 5) is 14.4. The first-order valence-electron chi connectivity index (χ1n) is 10.9. The number of hydrogen-bond donors (Lipinski definition) is 3. The van der Waals surface area contributed by atoms with E-state index in [4.69, 9.17) is 9.47 Å². The zero-order valence-electron chi connectivity index (χ0n) is 19.1. The lowest BCUT2D eigenvalue weighted by Crippen LogP contribution is -2.38. The molecule has 1 atom stereocenters. The molecule has 0 spiro atoms.